The summed E-state index contributed by atoms with van der Waals surface area (Å²) in [5.41, 5.74) is 1.39. The monoisotopic (exact) mass is 389 g/mol. The lowest BCUT2D eigenvalue weighted by Gasteiger charge is -2.17. The maximum absolute atomic E-state index is 4.25. The number of halogens is 1. The Morgan fingerprint density at radius 1 is 1.25 bits per heavy atom. The van der Waals surface area contributed by atoms with Gasteiger partial charge in [0.15, 0.2) is 5.96 Å². The topological polar surface area (TPSA) is 36.4 Å². The molecule has 2 N–H and O–H groups in total. The van der Waals surface area contributed by atoms with E-state index in [1.54, 1.807) is 0 Å². The first kappa shape index (κ1) is 19.2. The third-order valence-electron chi connectivity index (χ3n) is 3.14. The van der Waals surface area contributed by atoms with Gasteiger partial charge in [-0.25, -0.2) is 0 Å². The van der Waals surface area contributed by atoms with Crippen LogP contribution in [0, 0.1) is 0 Å². The minimum absolute atomic E-state index is 0. The lowest BCUT2D eigenvalue weighted by molar-refractivity contribution is 0.590. The van der Waals surface area contributed by atoms with Crippen LogP contribution in [0.1, 0.15) is 38.7 Å². The fourth-order valence-electron chi connectivity index (χ4n) is 1.91. The van der Waals surface area contributed by atoms with Gasteiger partial charge in [0.25, 0.3) is 0 Å². The van der Waals surface area contributed by atoms with E-state index in [0.717, 1.165) is 25.3 Å². The summed E-state index contributed by atoms with van der Waals surface area (Å²) >= 11 is 0. The van der Waals surface area contributed by atoms with E-state index in [0.29, 0.717) is 6.04 Å². The Bertz CT molecular complexity index is 365. The van der Waals surface area contributed by atoms with Crippen LogP contribution in [0.3, 0.4) is 0 Å². The summed E-state index contributed by atoms with van der Waals surface area (Å²) in [7, 11) is 1.82. The number of hydrogen-bond acceptors (Lipinski definition) is 1. The molecule has 0 saturated carbocycles. The maximum atomic E-state index is 4.25. The predicted octanol–water partition coefficient (Wildman–Crippen LogP) is 3.59. The summed E-state index contributed by atoms with van der Waals surface area (Å²) in [6, 6.07) is 11.0. The van der Waals surface area contributed by atoms with Crippen molar-refractivity contribution >= 4 is 29.9 Å². The van der Waals surface area contributed by atoms with Gasteiger partial charge in [0.1, 0.15) is 0 Å². The average molecular weight is 389 g/mol. The Balaban J connectivity index is 0.00000361. The van der Waals surface area contributed by atoms with Gasteiger partial charge in [-0.05, 0) is 31.7 Å². The summed E-state index contributed by atoms with van der Waals surface area (Å²) in [6.07, 6.45) is 4.59. The lowest BCUT2D eigenvalue weighted by atomic mass is 10.1. The molecule has 0 saturated heterocycles. The second kappa shape index (κ2) is 12.0. The molecule has 0 amide bonds. The van der Waals surface area contributed by atoms with Crippen LogP contribution in [0.2, 0.25) is 0 Å². The Kier molecular flexibility index (Phi) is 11.5. The zero-order valence-corrected chi connectivity index (χ0v) is 15.2. The zero-order chi connectivity index (χ0) is 13.9. The second-order valence-corrected chi connectivity index (χ2v) is 4.92. The molecule has 0 heterocycles. The first-order valence-corrected chi connectivity index (χ1v) is 7.27. The van der Waals surface area contributed by atoms with Crippen molar-refractivity contribution < 1.29 is 0 Å². The molecule has 1 unspecified atom stereocenters. The van der Waals surface area contributed by atoms with Crippen molar-refractivity contribution in [1.82, 2.24) is 10.6 Å². The number of nitrogens with zero attached hydrogens (tertiary/aromatic N) is 1. The Morgan fingerprint density at radius 3 is 2.55 bits per heavy atom. The van der Waals surface area contributed by atoms with Crippen LogP contribution < -0.4 is 10.6 Å². The van der Waals surface area contributed by atoms with E-state index in [4.69, 9.17) is 0 Å². The molecule has 114 valence electrons. The number of aryl methyl sites for hydroxylation is 1. The third kappa shape index (κ3) is 8.40. The summed E-state index contributed by atoms with van der Waals surface area (Å²) in [6.45, 7) is 5.39. The highest BCUT2D eigenvalue weighted by Crippen LogP contribution is 2.04. The number of guanidine groups is 1. The molecule has 0 aliphatic heterocycles. The van der Waals surface area contributed by atoms with Crippen LogP contribution in [-0.4, -0.2) is 25.6 Å². The van der Waals surface area contributed by atoms with Crippen LogP contribution in [0.15, 0.2) is 35.3 Å². The van der Waals surface area contributed by atoms with E-state index in [1.807, 2.05) is 7.05 Å². The molecule has 4 heteroatoms. The van der Waals surface area contributed by atoms with Crippen LogP contribution >= 0.6 is 24.0 Å². The van der Waals surface area contributed by atoms with Crippen LogP contribution in [0.5, 0.6) is 0 Å². The molecule has 1 rings (SSSR count). The minimum atomic E-state index is 0. The van der Waals surface area contributed by atoms with Gasteiger partial charge in [-0.15, -0.1) is 24.0 Å². The van der Waals surface area contributed by atoms with E-state index in [2.05, 4.69) is 59.8 Å². The normalized spacial score (nSPS) is 12.4. The van der Waals surface area contributed by atoms with E-state index < -0.39 is 0 Å². The predicted molar refractivity (Wildman–Crippen MR) is 99.0 cm³/mol. The van der Waals surface area contributed by atoms with E-state index in [9.17, 15) is 0 Å². The maximum Gasteiger partial charge on any atom is 0.191 e. The molecule has 0 spiro atoms. The van der Waals surface area contributed by atoms with Gasteiger partial charge >= 0.3 is 0 Å². The van der Waals surface area contributed by atoms with Gasteiger partial charge in [0.05, 0.1) is 0 Å². The molecule has 0 bridgehead atoms. The molecule has 3 nitrogen and oxygen atoms in total. The van der Waals surface area contributed by atoms with E-state index in [1.165, 1.54) is 18.4 Å². The number of unbranched alkanes of at least 4 members (excludes halogenated alkanes) is 1. The molecular weight excluding hydrogens is 361 g/mol. The van der Waals surface area contributed by atoms with Crippen molar-refractivity contribution in [3.8, 4) is 0 Å². The van der Waals surface area contributed by atoms with Crippen molar-refractivity contribution in [1.29, 1.82) is 0 Å². The Labute approximate surface area is 140 Å². The average Bonchev–Trinajstić information content (AvgIpc) is 2.45. The van der Waals surface area contributed by atoms with Crippen molar-refractivity contribution in [3.05, 3.63) is 35.9 Å². The molecule has 1 aromatic rings. The van der Waals surface area contributed by atoms with Crippen molar-refractivity contribution in [3.63, 3.8) is 0 Å². The summed E-state index contributed by atoms with van der Waals surface area (Å²) in [4.78, 5) is 4.25. The fraction of sp³-hybridized carbons (Fsp3) is 0.562. The quantitative estimate of drug-likeness (QED) is 0.324. The SMILES string of the molecule is CCCCNC(=NC)NC(C)CCc1ccccc1.I. The molecule has 20 heavy (non-hydrogen) atoms. The highest BCUT2D eigenvalue weighted by molar-refractivity contribution is 14.0. The van der Waals surface area contributed by atoms with Crippen molar-refractivity contribution in [2.75, 3.05) is 13.6 Å². The van der Waals surface area contributed by atoms with Gasteiger partial charge < -0.3 is 10.6 Å². The lowest BCUT2D eigenvalue weighted by Crippen LogP contribution is -2.42. The van der Waals surface area contributed by atoms with Gasteiger partial charge in [-0.1, -0.05) is 43.7 Å². The Morgan fingerprint density at radius 2 is 1.95 bits per heavy atom. The summed E-state index contributed by atoms with van der Waals surface area (Å²) in [5, 5.41) is 6.77. The number of hydrogen-bond donors (Lipinski definition) is 2. The van der Waals surface area contributed by atoms with Gasteiger partial charge in [0, 0.05) is 19.6 Å². The highest BCUT2D eigenvalue weighted by atomic mass is 127. The summed E-state index contributed by atoms with van der Waals surface area (Å²) < 4.78 is 0. The molecule has 0 radical (unpaired) electrons. The number of rotatable bonds is 7. The standard InChI is InChI=1S/C16H27N3.HI/c1-4-5-13-18-16(17-3)19-14(2)11-12-15-9-7-6-8-10-15;/h6-10,14H,4-5,11-13H2,1-3H3,(H2,17,18,19);1H. The number of nitrogens with one attached hydrogen (secondary N) is 2. The minimum Gasteiger partial charge on any atom is -0.356 e. The molecule has 1 aromatic carbocycles. The van der Waals surface area contributed by atoms with Crippen LogP contribution in [0.25, 0.3) is 0 Å². The smallest absolute Gasteiger partial charge is 0.191 e. The Hall–Kier alpha value is -0.780. The van der Waals surface area contributed by atoms with E-state index in [-0.39, 0.29) is 24.0 Å². The zero-order valence-electron chi connectivity index (χ0n) is 12.9. The summed E-state index contributed by atoms with van der Waals surface area (Å²) in [5.74, 6) is 0.911. The largest absolute Gasteiger partial charge is 0.356 e. The first-order valence-electron chi connectivity index (χ1n) is 7.27. The van der Waals surface area contributed by atoms with Gasteiger partial charge in [-0.2, -0.15) is 0 Å². The van der Waals surface area contributed by atoms with E-state index >= 15 is 0 Å². The van der Waals surface area contributed by atoms with Crippen LogP contribution in [-0.2, 0) is 6.42 Å². The first-order chi connectivity index (χ1) is 9.26. The molecule has 0 aliphatic rings. The van der Waals surface area contributed by atoms with Crippen molar-refractivity contribution in [2.24, 2.45) is 4.99 Å². The molecular formula is C16H28IN3. The number of aliphatic imine (C=N–C) groups is 1. The van der Waals surface area contributed by atoms with Crippen LogP contribution in [0.4, 0.5) is 0 Å². The molecule has 1 atom stereocenters. The molecule has 0 fully saturated rings. The third-order valence-corrected chi connectivity index (χ3v) is 3.14. The fourth-order valence-corrected chi connectivity index (χ4v) is 1.91. The highest BCUT2D eigenvalue weighted by Gasteiger charge is 2.04. The molecule has 0 aliphatic carbocycles. The van der Waals surface area contributed by atoms with Gasteiger partial charge in [-0.3, -0.25) is 4.99 Å². The second-order valence-electron chi connectivity index (χ2n) is 4.92. The van der Waals surface area contributed by atoms with Gasteiger partial charge in [0.2, 0.25) is 0 Å². The number of benzene rings is 1. The van der Waals surface area contributed by atoms with Crippen molar-refractivity contribution in [2.45, 2.75) is 45.6 Å². The molecule has 0 aromatic heterocycles.